The van der Waals surface area contributed by atoms with Gasteiger partial charge in [-0.05, 0) is 55.8 Å². The lowest BCUT2D eigenvalue weighted by Gasteiger charge is -2.34. The number of ether oxygens (including phenoxy) is 2. The maximum absolute atomic E-state index is 10.8. The molecule has 0 bridgehead atoms. The van der Waals surface area contributed by atoms with E-state index in [9.17, 15) is 4.79 Å². The Morgan fingerprint density at radius 2 is 1.35 bits per heavy atom. The maximum Gasteiger partial charge on any atom is 0.506 e. The van der Waals surface area contributed by atoms with Crippen LogP contribution < -0.4 is 0 Å². The van der Waals surface area contributed by atoms with Crippen molar-refractivity contribution in [3.63, 3.8) is 0 Å². The monoisotopic (exact) mass is 372 g/mol. The van der Waals surface area contributed by atoms with Crippen molar-refractivity contribution in [3.05, 3.63) is 0 Å². The van der Waals surface area contributed by atoms with Gasteiger partial charge in [0.15, 0.2) is 0 Å². The fourth-order valence-electron chi connectivity index (χ4n) is 4.39. The van der Waals surface area contributed by atoms with Gasteiger partial charge in [-0.2, -0.15) is 0 Å². The van der Waals surface area contributed by atoms with Gasteiger partial charge in [0, 0.05) is 0 Å². The molecule has 0 amide bonds. The molecule has 0 spiro atoms. The molecule has 0 aromatic carbocycles. The highest BCUT2D eigenvalue weighted by Gasteiger charge is 2.30. The molecule has 0 aromatic rings. The zero-order valence-electron chi connectivity index (χ0n) is 18.8. The second-order valence-electron chi connectivity index (χ2n) is 10.6. The largest absolute Gasteiger partial charge is 0.506 e. The lowest BCUT2D eigenvalue weighted by molar-refractivity contribution is -0.0220. The summed E-state index contributed by atoms with van der Waals surface area (Å²) in [5.74, 6) is 1.10. The van der Waals surface area contributed by atoms with Gasteiger partial charge in [0.1, 0.15) is 5.60 Å². The van der Waals surface area contributed by atoms with E-state index in [1.807, 2.05) is 13.8 Å². The summed E-state index contributed by atoms with van der Waals surface area (Å²) in [6.45, 7) is 20.9. The van der Waals surface area contributed by atoms with Crippen molar-refractivity contribution < 1.29 is 19.4 Å². The van der Waals surface area contributed by atoms with Gasteiger partial charge in [-0.1, -0.05) is 61.3 Å². The first-order valence-corrected chi connectivity index (χ1v) is 10.2. The summed E-state index contributed by atoms with van der Waals surface area (Å²) in [5.41, 5.74) is -0.392. The van der Waals surface area contributed by atoms with Crippen molar-refractivity contribution in [2.24, 2.45) is 22.7 Å². The van der Waals surface area contributed by atoms with E-state index in [1.165, 1.54) is 19.3 Å². The summed E-state index contributed by atoms with van der Waals surface area (Å²) in [7, 11) is 0. The van der Waals surface area contributed by atoms with Crippen LogP contribution in [0.4, 0.5) is 4.79 Å². The van der Waals surface area contributed by atoms with Gasteiger partial charge < -0.3 is 14.6 Å². The number of carboxylic acid groups (broad SMARTS) is 1. The lowest BCUT2D eigenvalue weighted by Crippen LogP contribution is -2.32. The zero-order valence-corrected chi connectivity index (χ0v) is 18.8. The van der Waals surface area contributed by atoms with E-state index >= 15 is 0 Å². The molecule has 1 N–H and O–H groups in total. The van der Waals surface area contributed by atoms with Gasteiger partial charge in [-0.15, -0.1) is 0 Å². The van der Waals surface area contributed by atoms with Crippen LogP contribution in [-0.2, 0) is 9.47 Å². The second-order valence-corrected chi connectivity index (χ2v) is 10.6. The van der Waals surface area contributed by atoms with Crippen LogP contribution in [0.25, 0.3) is 0 Å². The fourth-order valence-corrected chi connectivity index (χ4v) is 4.39. The summed E-state index contributed by atoms with van der Waals surface area (Å²) in [5, 5.41) is 8.84. The molecule has 0 aliphatic carbocycles. The SMILES string of the molecule is CCCC(C)CC(C)(C)COCC(C)(C)CC(C)CC(C)(C)OC(=O)O. The Morgan fingerprint density at radius 1 is 0.885 bits per heavy atom. The Hall–Kier alpha value is -0.770. The van der Waals surface area contributed by atoms with Crippen LogP contribution in [-0.4, -0.2) is 30.1 Å². The molecule has 0 aliphatic rings. The number of carbonyl (C=O) groups is 1. The second kappa shape index (κ2) is 10.5. The Kier molecular flexibility index (Phi) is 10.2. The van der Waals surface area contributed by atoms with Crippen LogP contribution >= 0.6 is 0 Å². The van der Waals surface area contributed by atoms with Crippen molar-refractivity contribution in [1.82, 2.24) is 0 Å². The Labute approximate surface area is 162 Å². The molecule has 4 heteroatoms. The van der Waals surface area contributed by atoms with Crippen LogP contribution in [0.1, 0.15) is 94.4 Å². The van der Waals surface area contributed by atoms with Crippen molar-refractivity contribution in [3.8, 4) is 0 Å². The maximum atomic E-state index is 10.8. The van der Waals surface area contributed by atoms with Gasteiger partial charge in [-0.3, -0.25) is 0 Å². The van der Waals surface area contributed by atoms with E-state index in [0.29, 0.717) is 12.3 Å². The third-order valence-electron chi connectivity index (χ3n) is 4.77. The highest BCUT2D eigenvalue weighted by Crippen LogP contribution is 2.33. The van der Waals surface area contributed by atoms with Crippen LogP contribution in [0.2, 0.25) is 0 Å². The number of hydrogen-bond donors (Lipinski definition) is 1. The molecule has 2 unspecified atom stereocenters. The Bertz CT molecular complexity index is 412. The van der Waals surface area contributed by atoms with Gasteiger partial charge in [0.05, 0.1) is 13.2 Å². The molecule has 0 saturated heterocycles. The van der Waals surface area contributed by atoms with Crippen LogP contribution in [0.5, 0.6) is 0 Å². The standard InChI is InChI=1S/C22H44O4/c1-10-11-17(2)12-20(4,5)15-25-16-21(6,7)13-18(3)14-22(8,9)26-19(23)24/h17-18H,10-16H2,1-9H3,(H,23,24). The van der Waals surface area contributed by atoms with Crippen LogP contribution in [0.15, 0.2) is 0 Å². The normalized spacial score (nSPS) is 15.6. The van der Waals surface area contributed by atoms with E-state index in [-0.39, 0.29) is 10.8 Å². The van der Waals surface area contributed by atoms with E-state index in [4.69, 9.17) is 14.6 Å². The van der Waals surface area contributed by atoms with Gasteiger partial charge in [-0.25, -0.2) is 4.79 Å². The minimum absolute atomic E-state index is 0.0594. The number of rotatable bonds is 13. The van der Waals surface area contributed by atoms with Crippen molar-refractivity contribution in [2.45, 2.75) is 100 Å². The van der Waals surface area contributed by atoms with Gasteiger partial charge in [0.2, 0.25) is 0 Å². The topological polar surface area (TPSA) is 55.8 Å². The summed E-state index contributed by atoms with van der Waals surface area (Å²) >= 11 is 0. The molecular weight excluding hydrogens is 328 g/mol. The van der Waals surface area contributed by atoms with E-state index in [0.717, 1.165) is 25.6 Å². The molecule has 0 radical (unpaired) electrons. The number of hydrogen-bond acceptors (Lipinski definition) is 3. The Morgan fingerprint density at radius 3 is 1.77 bits per heavy atom. The predicted molar refractivity (Wildman–Crippen MR) is 109 cm³/mol. The molecule has 26 heavy (non-hydrogen) atoms. The third-order valence-corrected chi connectivity index (χ3v) is 4.77. The van der Waals surface area contributed by atoms with E-state index < -0.39 is 11.8 Å². The average molecular weight is 373 g/mol. The molecule has 2 atom stereocenters. The van der Waals surface area contributed by atoms with Gasteiger partial charge >= 0.3 is 6.16 Å². The highest BCUT2D eigenvalue weighted by molar-refractivity contribution is 5.57. The molecular formula is C22H44O4. The molecule has 0 fully saturated rings. The first-order valence-electron chi connectivity index (χ1n) is 10.2. The Balaban J connectivity index is 4.37. The summed E-state index contributed by atoms with van der Waals surface area (Å²) in [6, 6.07) is 0. The van der Waals surface area contributed by atoms with Crippen LogP contribution in [0.3, 0.4) is 0 Å². The molecule has 4 nitrogen and oxygen atoms in total. The minimum atomic E-state index is -1.20. The first kappa shape index (κ1) is 25.2. The molecule has 0 saturated carbocycles. The first-order chi connectivity index (χ1) is 11.7. The van der Waals surface area contributed by atoms with Gasteiger partial charge in [0.25, 0.3) is 0 Å². The molecule has 0 heterocycles. The van der Waals surface area contributed by atoms with Crippen molar-refractivity contribution >= 4 is 6.16 Å². The molecule has 0 aliphatic heterocycles. The quantitative estimate of drug-likeness (QED) is 0.362. The van der Waals surface area contributed by atoms with E-state index in [2.05, 4.69) is 48.5 Å². The van der Waals surface area contributed by atoms with Crippen molar-refractivity contribution in [2.75, 3.05) is 13.2 Å². The van der Waals surface area contributed by atoms with Crippen LogP contribution in [0, 0.1) is 22.7 Å². The predicted octanol–water partition coefficient (Wildman–Crippen LogP) is 6.77. The van der Waals surface area contributed by atoms with Crippen molar-refractivity contribution in [1.29, 1.82) is 0 Å². The summed E-state index contributed by atoms with van der Waals surface area (Å²) < 4.78 is 11.1. The summed E-state index contributed by atoms with van der Waals surface area (Å²) in [4.78, 5) is 10.8. The van der Waals surface area contributed by atoms with E-state index in [1.54, 1.807) is 0 Å². The third kappa shape index (κ3) is 12.6. The average Bonchev–Trinajstić information content (AvgIpc) is 2.33. The molecule has 0 aromatic heterocycles. The zero-order chi connectivity index (χ0) is 20.6. The smallest absolute Gasteiger partial charge is 0.450 e. The fraction of sp³-hybridized carbons (Fsp3) is 0.955. The molecule has 0 rings (SSSR count). The molecule has 156 valence electrons. The lowest BCUT2D eigenvalue weighted by atomic mass is 9.80. The highest BCUT2D eigenvalue weighted by atomic mass is 16.7. The summed E-state index contributed by atoms with van der Waals surface area (Å²) in [6.07, 6.45) is 4.20. The minimum Gasteiger partial charge on any atom is -0.450 e.